The highest BCUT2D eigenvalue weighted by molar-refractivity contribution is 5.43. The van der Waals surface area contributed by atoms with Crippen LogP contribution in [-0.2, 0) is 13.2 Å². The second kappa shape index (κ2) is 6.42. The van der Waals surface area contributed by atoms with Crippen LogP contribution < -0.4 is 10.5 Å². The van der Waals surface area contributed by atoms with Crippen LogP contribution in [0.5, 0.6) is 5.75 Å². The Labute approximate surface area is 129 Å². The van der Waals surface area contributed by atoms with Gasteiger partial charge in [0.05, 0.1) is 12.7 Å². The van der Waals surface area contributed by atoms with Crippen LogP contribution in [-0.4, -0.2) is 20.0 Å². The highest BCUT2D eigenvalue weighted by Crippen LogP contribution is 2.22. The number of hydrogen-bond donors (Lipinski definition) is 1. The minimum atomic E-state index is -2.72. The molecule has 7 nitrogen and oxygen atoms in total. The van der Waals surface area contributed by atoms with Crippen LogP contribution in [0.15, 0.2) is 41.3 Å². The van der Waals surface area contributed by atoms with Crippen LogP contribution in [0.1, 0.15) is 23.6 Å². The van der Waals surface area contributed by atoms with Gasteiger partial charge in [0.1, 0.15) is 23.7 Å². The molecule has 0 saturated carbocycles. The van der Waals surface area contributed by atoms with Crippen molar-refractivity contribution >= 4 is 5.69 Å². The molecule has 0 fully saturated rings. The van der Waals surface area contributed by atoms with E-state index in [4.69, 9.17) is 10.5 Å². The third-order valence-electron chi connectivity index (χ3n) is 3.01. The van der Waals surface area contributed by atoms with E-state index in [1.165, 1.54) is 4.68 Å². The molecule has 3 aromatic rings. The summed E-state index contributed by atoms with van der Waals surface area (Å²) in [5.74, 6) is 0.147. The SMILES string of the molecule is Nc1cccc(OCc2cn(Cc3ncoc3C(F)F)nn2)c1. The van der Waals surface area contributed by atoms with E-state index in [-0.39, 0.29) is 18.8 Å². The number of alkyl halides is 2. The average molecular weight is 321 g/mol. The molecule has 0 bridgehead atoms. The molecule has 0 saturated heterocycles. The monoisotopic (exact) mass is 321 g/mol. The second-order valence-electron chi connectivity index (χ2n) is 4.73. The molecule has 9 heteroatoms. The van der Waals surface area contributed by atoms with Crippen molar-refractivity contribution in [3.05, 3.63) is 54.0 Å². The van der Waals surface area contributed by atoms with E-state index in [0.717, 1.165) is 6.39 Å². The molecule has 0 unspecified atom stereocenters. The zero-order valence-electron chi connectivity index (χ0n) is 11.9. The van der Waals surface area contributed by atoms with Crippen molar-refractivity contribution in [2.24, 2.45) is 0 Å². The second-order valence-corrected chi connectivity index (χ2v) is 4.73. The molecule has 3 rings (SSSR count). The first-order chi connectivity index (χ1) is 11.1. The van der Waals surface area contributed by atoms with E-state index in [2.05, 4.69) is 19.7 Å². The Morgan fingerprint density at radius 3 is 3.00 bits per heavy atom. The molecule has 0 spiro atoms. The number of nitrogens with zero attached hydrogens (tertiary/aromatic N) is 4. The van der Waals surface area contributed by atoms with Crippen LogP contribution in [0.2, 0.25) is 0 Å². The van der Waals surface area contributed by atoms with Gasteiger partial charge in [0.15, 0.2) is 12.2 Å². The van der Waals surface area contributed by atoms with E-state index >= 15 is 0 Å². The molecular formula is C14H13F2N5O2. The van der Waals surface area contributed by atoms with Crippen molar-refractivity contribution in [2.75, 3.05) is 5.73 Å². The predicted molar refractivity (Wildman–Crippen MR) is 75.8 cm³/mol. The molecule has 0 aliphatic carbocycles. The van der Waals surface area contributed by atoms with Gasteiger partial charge in [0.25, 0.3) is 6.43 Å². The van der Waals surface area contributed by atoms with E-state index in [1.807, 2.05) is 0 Å². The fourth-order valence-electron chi connectivity index (χ4n) is 1.97. The van der Waals surface area contributed by atoms with Gasteiger partial charge in [0.2, 0.25) is 0 Å². The smallest absolute Gasteiger partial charge is 0.297 e. The molecule has 2 aromatic heterocycles. The number of rotatable bonds is 6. The third kappa shape index (κ3) is 3.62. The summed E-state index contributed by atoms with van der Waals surface area (Å²) in [7, 11) is 0. The molecule has 0 atom stereocenters. The van der Waals surface area contributed by atoms with Gasteiger partial charge in [0, 0.05) is 11.8 Å². The lowest BCUT2D eigenvalue weighted by atomic mass is 10.3. The Morgan fingerprint density at radius 1 is 1.35 bits per heavy atom. The maximum absolute atomic E-state index is 12.7. The maximum Gasteiger partial charge on any atom is 0.297 e. The summed E-state index contributed by atoms with van der Waals surface area (Å²) < 4.78 is 37.0. The Morgan fingerprint density at radius 2 is 2.22 bits per heavy atom. The lowest BCUT2D eigenvalue weighted by molar-refractivity contribution is 0.120. The van der Waals surface area contributed by atoms with Crippen molar-refractivity contribution in [3.63, 3.8) is 0 Å². The molecule has 0 amide bonds. The lowest BCUT2D eigenvalue weighted by Gasteiger charge is -2.04. The largest absolute Gasteiger partial charge is 0.487 e. The van der Waals surface area contributed by atoms with Gasteiger partial charge in [-0.3, -0.25) is 0 Å². The first-order valence-electron chi connectivity index (χ1n) is 6.69. The van der Waals surface area contributed by atoms with Gasteiger partial charge in [-0.2, -0.15) is 0 Å². The Hall–Kier alpha value is -2.97. The van der Waals surface area contributed by atoms with Crippen molar-refractivity contribution in [1.29, 1.82) is 0 Å². The number of nitrogen functional groups attached to an aromatic ring is 1. The number of halogens is 2. The number of hydrogen-bond acceptors (Lipinski definition) is 6. The van der Waals surface area contributed by atoms with E-state index in [9.17, 15) is 8.78 Å². The van der Waals surface area contributed by atoms with Gasteiger partial charge in [-0.15, -0.1) is 5.10 Å². The van der Waals surface area contributed by atoms with Crippen molar-refractivity contribution in [3.8, 4) is 5.75 Å². The molecule has 120 valence electrons. The molecule has 0 radical (unpaired) electrons. The van der Waals surface area contributed by atoms with E-state index in [1.54, 1.807) is 30.5 Å². The quantitative estimate of drug-likeness (QED) is 0.701. The summed E-state index contributed by atoms with van der Waals surface area (Å²) in [4.78, 5) is 3.76. The van der Waals surface area contributed by atoms with Gasteiger partial charge >= 0.3 is 0 Å². The zero-order valence-corrected chi connectivity index (χ0v) is 11.9. The number of anilines is 1. The Kier molecular flexibility index (Phi) is 4.18. The summed E-state index contributed by atoms with van der Waals surface area (Å²) in [6, 6.07) is 6.99. The van der Waals surface area contributed by atoms with Crippen LogP contribution in [0.25, 0.3) is 0 Å². The predicted octanol–water partition coefficient (Wildman–Crippen LogP) is 2.41. The van der Waals surface area contributed by atoms with Crippen LogP contribution >= 0.6 is 0 Å². The summed E-state index contributed by atoms with van der Waals surface area (Å²) in [5.41, 5.74) is 6.92. The maximum atomic E-state index is 12.7. The number of aromatic nitrogens is 4. The van der Waals surface area contributed by atoms with Crippen molar-refractivity contribution < 1.29 is 17.9 Å². The third-order valence-corrected chi connectivity index (χ3v) is 3.01. The minimum Gasteiger partial charge on any atom is -0.487 e. The summed E-state index contributed by atoms with van der Waals surface area (Å²) in [5, 5.41) is 7.78. The fourth-order valence-corrected chi connectivity index (χ4v) is 1.97. The number of ether oxygens (including phenoxy) is 1. The van der Waals surface area contributed by atoms with Gasteiger partial charge in [-0.05, 0) is 12.1 Å². The topological polar surface area (TPSA) is 92.0 Å². The van der Waals surface area contributed by atoms with Gasteiger partial charge in [-0.1, -0.05) is 11.3 Å². The average Bonchev–Trinajstić information content (AvgIpc) is 3.15. The highest BCUT2D eigenvalue weighted by atomic mass is 19.3. The molecule has 2 heterocycles. The zero-order chi connectivity index (χ0) is 16.2. The minimum absolute atomic E-state index is 0.0431. The summed E-state index contributed by atoms with van der Waals surface area (Å²) in [6.45, 7) is 0.228. The molecular weight excluding hydrogens is 308 g/mol. The molecule has 23 heavy (non-hydrogen) atoms. The normalized spacial score (nSPS) is 11.1. The van der Waals surface area contributed by atoms with Crippen LogP contribution in [0, 0.1) is 0 Å². The first kappa shape index (κ1) is 14.9. The number of nitrogens with two attached hydrogens (primary N) is 1. The molecule has 1 aromatic carbocycles. The van der Waals surface area contributed by atoms with Crippen molar-refractivity contribution in [2.45, 2.75) is 19.6 Å². The Balaban J connectivity index is 1.63. The highest BCUT2D eigenvalue weighted by Gasteiger charge is 2.19. The van der Waals surface area contributed by atoms with Gasteiger partial charge < -0.3 is 14.9 Å². The standard InChI is InChI=1S/C14H13F2N5O2/c15-14(16)13-12(18-8-23-13)6-21-5-10(19-20-21)7-22-11-3-1-2-9(17)4-11/h1-5,8,14H,6-7,17H2. The van der Waals surface area contributed by atoms with E-state index < -0.39 is 12.2 Å². The molecule has 0 aliphatic heterocycles. The molecule has 0 aliphatic rings. The van der Waals surface area contributed by atoms with E-state index in [0.29, 0.717) is 17.1 Å². The number of benzene rings is 1. The van der Waals surface area contributed by atoms with Crippen LogP contribution in [0.4, 0.5) is 14.5 Å². The van der Waals surface area contributed by atoms with Crippen LogP contribution in [0.3, 0.4) is 0 Å². The number of oxazole rings is 1. The summed E-state index contributed by atoms with van der Waals surface area (Å²) >= 11 is 0. The summed E-state index contributed by atoms with van der Waals surface area (Å²) in [6.07, 6.45) is -0.143. The molecule has 2 N–H and O–H groups in total. The fraction of sp³-hybridized carbons (Fsp3) is 0.214. The Bertz CT molecular complexity index is 787. The van der Waals surface area contributed by atoms with Gasteiger partial charge in [-0.25, -0.2) is 18.4 Å². The lowest BCUT2D eigenvalue weighted by Crippen LogP contribution is -2.03. The first-order valence-corrected chi connectivity index (χ1v) is 6.69. The van der Waals surface area contributed by atoms with Crippen molar-refractivity contribution in [1.82, 2.24) is 20.0 Å².